The lowest BCUT2D eigenvalue weighted by Gasteiger charge is -2.23. The number of aliphatic hydroxyl groups excluding tert-OH is 1. The van der Waals surface area contributed by atoms with E-state index in [0.717, 1.165) is 0 Å². The summed E-state index contributed by atoms with van der Waals surface area (Å²) in [5, 5.41) is 19.4. The van der Waals surface area contributed by atoms with Crippen molar-refractivity contribution in [2.24, 2.45) is 5.73 Å². The first-order valence-electron chi connectivity index (χ1n) is 5.25. The Hall–Kier alpha value is -1.53. The first-order chi connectivity index (χ1) is 7.73. The summed E-state index contributed by atoms with van der Waals surface area (Å²) in [5.41, 5.74) is 4.52. The SMILES string of the molecule is CC(C(N)=O)c1cnc([C@H](O)C(C)(C)O)cn1. The van der Waals surface area contributed by atoms with Crippen molar-refractivity contribution in [2.45, 2.75) is 38.4 Å². The molecule has 0 radical (unpaired) electrons. The molecule has 17 heavy (non-hydrogen) atoms. The van der Waals surface area contributed by atoms with Crippen molar-refractivity contribution >= 4 is 5.91 Å². The summed E-state index contributed by atoms with van der Waals surface area (Å²) in [5.74, 6) is -1.02. The smallest absolute Gasteiger partial charge is 0.226 e. The molecule has 0 saturated heterocycles. The fraction of sp³-hybridized carbons (Fsp3) is 0.545. The highest BCUT2D eigenvalue weighted by Gasteiger charge is 2.27. The molecular formula is C11H17N3O3. The molecule has 0 aliphatic heterocycles. The molecule has 0 saturated carbocycles. The second-order valence-electron chi connectivity index (χ2n) is 4.55. The number of nitrogens with two attached hydrogens (primary N) is 1. The van der Waals surface area contributed by atoms with Gasteiger partial charge in [-0.15, -0.1) is 0 Å². The Morgan fingerprint density at radius 3 is 2.18 bits per heavy atom. The third kappa shape index (κ3) is 3.21. The maximum absolute atomic E-state index is 10.9. The quantitative estimate of drug-likeness (QED) is 0.678. The number of aromatic nitrogens is 2. The Kier molecular flexibility index (Phi) is 3.79. The maximum Gasteiger partial charge on any atom is 0.226 e. The molecule has 4 N–H and O–H groups in total. The Morgan fingerprint density at radius 1 is 1.35 bits per heavy atom. The number of carbonyl (C=O) groups is 1. The third-order valence-electron chi connectivity index (χ3n) is 2.51. The van der Waals surface area contributed by atoms with Gasteiger partial charge in [-0.2, -0.15) is 0 Å². The van der Waals surface area contributed by atoms with Gasteiger partial charge in [0, 0.05) is 6.20 Å². The number of rotatable bonds is 4. The lowest BCUT2D eigenvalue weighted by Crippen LogP contribution is -2.29. The van der Waals surface area contributed by atoms with Crippen LogP contribution < -0.4 is 5.73 Å². The van der Waals surface area contributed by atoms with Crippen LogP contribution in [0.15, 0.2) is 12.4 Å². The number of nitrogens with zero attached hydrogens (tertiary/aromatic N) is 2. The predicted molar refractivity (Wildman–Crippen MR) is 60.9 cm³/mol. The summed E-state index contributed by atoms with van der Waals surface area (Å²) in [4.78, 5) is 18.9. The number of aliphatic hydroxyl groups is 2. The molecule has 1 unspecified atom stereocenters. The molecule has 0 aromatic carbocycles. The lowest BCUT2D eigenvalue weighted by atomic mass is 9.99. The van der Waals surface area contributed by atoms with E-state index in [2.05, 4.69) is 9.97 Å². The third-order valence-corrected chi connectivity index (χ3v) is 2.51. The summed E-state index contributed by atoms with van der Waals surface area (Å²) >= 11 is 0. The largest absolute Gasteiger partial charge is 0.387 e. The molecule has 0 fully saturated rings. The van der Waals surface area contributed by atoms with Gasteiger partial charge in [0.2, 0.25) is 5.91 Å². The van der Waals surface area contributed by atoms with Gasteiger partial charge in [0.15, 0.2) is 0 Å². The normalized spacial score (nSPS) is 15.4. The number of hydrogen-bond acceptors (Lipinski definition) is 5. The first-order valence-corrected chi connectivity index (χ1v) is 5.25. The molecule has 0 aliphatic rings. The predicted octanol–water partition coefficient (Wildman–Crippen LogP) is -0.130. The fourth-order valence-electron chi connectivity index (χ4n) is 1.22. The fourth-order valence-corrected chi connectivity index (χ4v) is 1.22. The topological polar surface area (TPSA) is 109 Å². The molecule has 6 heteroatoms. The Bertz CT molecular complexity index is 397. The van der Waals surface area contributed by atoms with Crippen molar-refractivity contribution in [3.8, 4) is 0 Å². The summed E-state index contributed by atoms with van der Waals surface area (Å²) in [6.45, 7) is 4.57. The zero-order valence-electron chi connectivity index (χ0n) is 10.1. The molecule has 2 atom stereocenters. The van der Waals surface area contributed by atoms with Gasteiger partial charge >= 0.3 is 0 Å². The van der Waals surface area contributed by atoms with Gasteiger partial charge in [-0.25, -0.2) is 0 Å². The van der Waals surface area contributed by atoms with Gasteiger partial charge < -0.3 is 15.9 Å². The standard InChI is InChI=1S/C11H17N3O3/c1-6(10(12)16)7-4-14-8(5-13-7)9(15)11(2,3)17/h4-6,9,15,17H,1-3H3,(H2,12,16)/t6?,9-/m0/s1. The summed E-state index contributed by atoms with van der Waals surface area (Å²) < 4.78 is 0. The molecule has 0 spiro atoms. The molecule has 0 bridgehead atoms. The van der Waals surface area contributed by atoms with Crippen LogP contribution in [0.25, 0.3) is 0 Å². The van der Waals surface area contributed by atoms with Crippen LogP contribution in [0.3, 0.4) is 0 Å². The minimum Gasteiger partial charge on any atom is -0.387 e. The maximum atomic E-state index is 10.9. The van der Waals surface area contributed by atoms with Crippen LogP contribution >= 0.6 is 0 Å². The van der Waals surface area contributed by atoms with Gasteiger partial charge in [-0.3, -0.25) is 14.8 Å². The molecule has 1 rings (SSSR count). The van der Waals surface area contributed by atoms with E-state index in [4.69, 9.17) is 5.73 Å². The van der Waals surface area contributed by atoms with E-state index >= 15 is 0 Å². The minimum absolute atomic E-state index is 0.248. The van der Waals surface area contributed by atoms with Gasteiger partial charge in [0.05, 0.1) is 29.1 Å². The van der Waals surface area contributed by atoms with Crippen molar-refractivity contribution in [1.29, 1.82) is 0 Å². The van der Waals surface area contributed by atoms with Crippen LogP contribution in [0.5, 0.6) is 0 Å². The zero-order chi connectivity index (χ0) is 13.2. The number of hydrogen-bond donors (Lipinski definition) is 3. The molecule has 6 nitrogen and oxygen atoms in total. The average Bonchev–Trinajstić information content (AvgIpc) is 2.26. The molecule has 1 aromatic rings. The monoisotopic (exact) mass is 239 g/mol. The molecule has 1 heterocycles. The van der Waals surface area contributed by atoms with Crippen molar-refractivity contribution in [2.75, 3.05) is 0 Å². The second kappa shape index (κ2) is 4.77. The highest BCUT2D eigenvalue weighted by Crippen LogP contribution is 2.23. The molecule has 1 aromatic heterocycles. The summed E-state index contributed by atoms with van der Waals surface area (Å²) in [6, 6.07) is 0. The van der Waals surface area contributed by atoms with Crippen molar-refractivity contribution in [1.82, 2.24) is 9.97 Å². The molecule has 1 amide bonds. The Labute approximate surface area is 99.5 Å². The van der Waals surface area contributed by atoms with Gasteiger partial charge in [-0.1, -0.05) is 0 Å². The lowest BCUT2D eigenvalue weighted by molar-refractivity contribution is -0.119. The number of amides is 1. The molecular weight excluding hydrogens is 222 g/mol. The van der Waals surface area contributed by atoms with Crippen LogP contribution in [0.1, 0.15) is 44.2 Å². The summed E-state index contributed by atoms with van der Waals surface area (Å²) in [7, 11) is 0. The van der Waals surface area contributed by atoms with Crippen LogP contribution in [0.4, 0.5) is 0 Å². The Morgan fingerprint density at radius 2 is 1.82 bits per heavy atom. The number of carbonyl (C=O) groups excluding carboxylic acids is 1. The van der Waals surface area contributed by atoms with Crippen molar-refractivity contribution < 1.29 is 15.0 Å². The van der Waals surface area contributed by atoms with Gasteiger partial charge in [0.25, 0.3) is 0 Å². The van der Waals surface area contributed by atoms with Crippen LogP contribution in [-0.2, 0) is 4.79 Å². The second-order valence-corrected chi connectivity index (χ2v) is 4.55. The van der Waals surface area contributed by atoms with E-state index in [1.165, 1.54) is 26.2 Å². The van der Waals surface area contributed by atoms with Crippen LogP contribution in [0, 0.1) is 0 Å². The zero-order valence-corrected chi connectivity index (χ0v) is 10.1. The van der Waals surface area contributed by atoms with Crippen molar-refractivity contribution in [3.63, 3.8) is 0 Å². The number of primary amides is 1. The highest BCUT2D eigenvalue weighted by atomic mass is 16.3. The van der Waals surface area contributed by atoms with E-state index in [-0.39, 0.29) is 5.69 Å². The minimum atomic E-state index is -1.30. The van der Waals surface area contributed by atoms with E-state index in [1.54, 1.807) is 6.92 Å². The molecule has 94 valence electrons. The van der Waals surface area contributed by atoms with E-state index < -0.39 is 23.5 Å². The van der Waals surface area contributed by atoms with E-state index in [9.17, 15) is 15.0 Å². The first kappa shape index (κ1) is 13.5. The van der Waals surface area contributed by atoms with Gasteiger partial charge in [-0.05, 0) is 20.8 Å². The van der Waals surface area contributed by atoms with Crippen LogP contribution in [0.2, 0.25) is 0 Å². The van der Waals surface area contributed by atoms with Crippen molar-refractivity contribution in [3.05, 3.63) is 23.8 Å². The molecule has 0 aliphatic carbocycles. The van der Waals surface area contributed by atoms with E-state index in [0.29, 0.717) is 5.69 Å². The highest BCUT2D eigenvalue weighted by molar-refractivity contribution is 5.80. The summed E-state index contributed by atoms with van der Waals surface area (Å²) in [6.07, 6.45) is 1.57. The van der Waals surface area contributed by atoms with Gasteiger partial charge in [0.1, 0.15) is 6.10 Å². The van der Waals surface area contributed by atoms with Crippen LogP contribution in [-0.4, -0.2) is 31.7 Å². The van der Waals surface area contributed by atoms with E-state index in [1.807, 2.05) is 0 Å². The Balaban J connectivity index is 2.92. The average molecular weight is 239 g/mol.